The maximum absolute atomic E-state index is 13.3. The van der Waals surface area contributed by atoms with Crippen molar-refractivity contribution in [2.45, 2.75) is 19.8 Å². The SMILES string of the molecule is COc1ccc(-c2ncc(C(C)C)c(Nc3ccnc4[nH]cc(C(=O)C(=O)N5CCNCC5)c34)n2)cc1. The maximum atomic E-state index is 13.3. The van der Waals surface area contributed by atoms with Crippen LogP contribution in [-0.2, 0) is 4.79 Å². The number of hydrogen-bond acceptors (Lipinski definition) is 8. The van der Waals surface area contributed by atoms with E-state index in [-0.39, 0.29) is 11.5 Å². The van der Waals surface area contributed by atoms with E-state index in [0.29, 0.717) is 54.5 Å². The standard InChI is InChI=1S/C27H29N7O3/c1-16(2)19-14-30-24(17-4-6-18(37-3)7-5-17)33-25(19)32-21-8-9-29-26-22(21)20(15-31-26)23(35)27(36)34-12-10-28-11-13-34/h4-9,14-16,28H,10-13H2,1-3H3,(H2,29,30,31,32,33). The second kappa shape index (κ2) is 10.4. The van der Waals surface area contributed by atoms with E-state index >= 15 is 0 Å². The van der Waals surface area contributed by atoms with Gasteiger partial charge in [-0.15, -0.1) is 0 Å². The summed E-state index contributed by atoms with van der Waals surface area (Å²) in [5.41, 5.74) is 3.19. The molecular weight excluding hydrogens is 470 g/mol. The number of ether oxygens (including phenoxy) is 1. The van der Waals surface area contributed by atoms with Crippen LogP contribution in [0.4, 0.5) is 11.5 Å². The number of carbonyl (C=O) groups excluding carboxylic acids is 2. The van der Waals surface area contributed by atoms with Crippen molar-refractivity contribution in [3.8, 4) is 17.1 Å². The van der Waals surface area contributed by atoms with Crippen LogP contribution >= 0.6 is 0 Å². The van der Waals surface area contributed by atoms with Crippen molar-refractivity contribution in [2.24, 2.45) is 0 Å². The number of pyridine rings is 1. The molecule has 37 heavy (non-hydrogen) atoms. The molecule has 0 radical (unpaired) electrons. The van der Waals surface area contributed by atoms with Gasteiger partial charge in [-0.1, -0.05) is 13.8 Å². The lowest BCUT2D eigenvalue weighted by atomic mass is 10.0. The van der Waals surface area contributed by atoms with Crippen LogP contribution in [0.1, 0.15) is 35.7 Å². The first-order valence-corrected chi connectivity index (χ1v) is 12.2. The van der Waals surface area contributed by atoms with Crippen molar-refractivity contribution in [1.29, 1.82) is 0 Å². The fourth-order valence-corrected chi connectivity index (χ4v) is 4.39. The van der Waals surface area contributed by atoms with E-state index in [2.05, 4.69) is 39.4 Å². The van der Waals surface area contributed by atoms with Gasteiger partial charge in [0.1, 0.15) is 17.2 Å². The summed E-state index contributed by atoms with van der Waals surface area (Å²) in [5.74, 6) is 1.00. The molecule has 1 saturated heterocycles. The highest BCUT2D eigenvalue weighted by Crippen LogP contribution is 2.32. The van der Waals surface area contributed by atoms with E-state index in [9.17, 15) is 9.59 Å². The summed E-state index contributed by atoms with van der Waals surface area (Å²) in [6, 6.07) is 9.31. The largest absolute Gasteiger partial charge is 0.497 e. The summed E-state index contributed by atoms with van der Waals surface area (Å²) in [4.78, 5) is 44.6. The average molecular weight is 500 g/mol. The molecule has 0 spiro atoms. The molecule has 0 bridgehead atoms. The summed E-state index contributed by atoms with van der Waals surface area (Å²) in [7, 11) is 1.62. The lowest BCUT2D eigenvalue weighted by molar-refractivity contribution is -0.126. The van der Waals surface area contributed by atoms with Crippen LogP contribution in [0.3, 0.4) is 0 Å². The Balaban J connectivity index is 1.53. The summed E-state index contributed by atoms with van der Waals surface area (Å²) in [6.45, 7) is 6.48. The third-order valence-corrected chi connectivity index (χ3v) is 6.46. The van der Waals surface area contributed by atoms with Crippen LogP contribution in [0.2, 0.25) is 0 Å². The Morgan fingerprint density at radius 2 is 1.84 bits per heavy atom. The number of carbonyl (C=O) groups is 2. The van der Waals surface area contributed by atoms with Gasteiger partial charge in [0, 0.05) is 55.9 Å². The number of rotatable bonds is 7. The number of methoxy groups -OCH3 is 1. The van der Waals surface area contributed by atoms with Gasteiger partial charge in [-0.05, 0) is 36.2 Å². The van der Waals surface area contributed by atoms with Crippen LogP contribution in [0.15, 0.2) is 48.9 Å². The van der Waals surface area contributed by atoms with E-state index in [4.69, 9.17) is 9.72 Å². The first-order valence-electron chi connectivity index (χ1n) is 12.2. The predicted molar refractivity (Wildman–Crippen MR) is 141 cm³/mol. The number of nitrogens with zero attached hydrogens (tertiary/aromatic N) is 4. The van der Waals surface area contributed by atoms with Gasteiger partial charge in [-0.25, -0.2) is 15.0 Å². The molecule has 1 aromatic carbocycles. The molecule has 0 saturated carbocycles. The first-order chi connectivity index (χ1) is 18.0. The van der Waals surface area contributed by atoms with Crippen molar-refractivity contribution in [3.05, 3.63) is 60.0 Å². The highest BCUT2D eigenvalue weighted by molar-refractivity contribution is 6.45. The quantitative estimate of drug-likeness (QED) is 0.261. The normalized spacial score (nSPS) is 13.7. The number of hydrogen-bond donors (Lipinski definition) is 3. The van der Waals surface area contributed by atoms with E-state index in [1.54, 1.807) is 30.5 Å². The highest BCUT2D eigenvalue weighted by atomic mass is 16.5. The van der Waals surface area contributed by atoms with Gasteiger partial charge in [0.05, 0.1) is 23.7 Å². The molecule has 3 N–H and O–H groups in total. The topological polar surface area (TPSA) is 125 Å². The van der Waals surface area contributed by atoms with Gasteiger partial charge in [-0.3, -0.25) is 9.59 Å². The van der Waals surface area contributed by atoms with Gasteiger partial charge < -0.3 is 25.3 Å². The molecule has 10 nitrogen and oxygen atoms in total. The van der Waals surface area contributed by atoms with Crippen molar-refractivity contribution < 1.29 is 14.3 Å². The second-order valence-electron chi connectivity index (χ2n) is 9.16. The fourth-order valence-electron chi connectivity index (χ4n) is 4.39. The van der Waals surface area contributed by atoms with Gasteiger partial charge >= 0.3 is 0 Å². The van der Waals surface area contributed by atoms with Gasteiger partial charge in [0.2, 0.25) is 0 Å². The molecule has 4 aromatic rings. The number of amides is 1. The minimum Gasteiger partial charge on any atom is -0.497 e. The minimum absolute atomic E-state index is 0.145. The third-order valence-electron chi connectivity index (χ3n) is 6.46. The van der Waals surface area contributed by atoms with Crippen LogP contribution in [0.25, 0.3) is 22.4 Å². The molecule has 5 rings (SSSR count). The second-order valence-corrected chi connectivity index (χ2v) is 9.16. The predicted octanol–water partition coefficient (Wildman–Crippen LogP) is 3.51. The molecule has 0 unspecified atom stereocenters. The van der Waals surface area contributed by atoms with Crippen LogP contribution in [-0.4, -0.2) is 69.8 Å². The van der Waals surface area contributed by atoms with Gasteiger partial charge in [0.15, 0.2) is 5.82 Å². The van der Waals surface area contributed by atoms with E-state index in [1.165, 1.54) is 0 Å². The fraction of sp³-hybridized carbons (Fsp3) is 0.296. The molecule has 0 atom stereocenters. The third kappa shape index (κ3) is 4.88. The van der Waals surface area contributed by atoms with E-state index < -0.39 is 11.7 Å². The molecule has 1 aliphatic heterocycles. The molecule has 0 aliphatic carbocycles. The van der Waals surface area contributed by atoms with Gasteiger partial charge in [0.25, 0.3) is 11.7 Å². The molecule has 1 fully saturated rings. The van der Waals surface area contributed by atoms with Crippen LogP contribution in [0.5, 0.6) is 5.75 Å². The lowest BCUT2D eigenvalue weighted by Crippen LogP contribution is -2.48. The summed E-state index contributed by atoms with van der Waals surface area (Å²) in [5, 5.41) is 7.15. The number of aromatic amines is 1. The Labute approximate surface area is 214 Å². The number of Topliss-reactive ketones (excluding diaryl/α,β-unsaturated/α-hetero) is 1. The number of nitrogens with one attached hydrogen (secondary N) is 3. The summed E-state index contributed by atoms with van der Waals surface area (Å²) >= 11 is 0. The maximum Gasteiger partial charge on any atom is 0.295 e. The Morgan fingerprint density at radius 1 is 1.08 bits per heavy atom. The number of benzene rings is 1. The number of fused-ring (bicyclic) bond motifs is 1. The van der Waals surface area contributed by atoms with E-state index in [1.807, 2.05) is 30.5 Å². The molecular formula is C27H29N7O3. The van der Waals surface area contributed by atoms with Crippen molar-refractivity contribution in [3.63, 3.8) is 0 Å². The monoisotopic (exact) mass is 499 g/mol. The molecule has 4 heterocycles. The molecule has 190 valence electrons. The number of piperazine rings is 1. The zero-order chi connectivity index (χ0) is 25.9. The Morgan fingerprint density at radius 3 is 2.54 bits per heavy atom. The smallest absolute Gasteiger partial charge is 0.295 e. The number of anilines is 2. The summed E-state index contributed by atoms with van der Waals surface area (Å²) in [6.07, 6.45) is 5.01. The Kier molecular flexibility index (Phi) is 6.82. The van der Waals surface area contributed by atoms with Crippen LogP contribution < -0.4 is 15.4 Å². The average Bonchev–Trinajstić information content (AvgIpc) is 3.38. The molecule has 1 amide bonds. The summed E-state index contributed by atoms with van der Waals surface area (Å²) < 4.78 is 5.26. The van der Waals surface area contributed by atoms with Crippen molar-refractivity contribution in [1.82, 2.24) is 30.2 Å². The Bertz CT molecular complexity index is 1440. The van der Waals surface area contributed by atoms with E-state index in [0.717, 1.165) is 16.9 Å². The molecule has 10 heteroatoms. The zero-order valence-electron chi connectivity index (χ0n) is 21.0. The zero-order valence-corrected chi connectivity index (χ0v) is 21.0. The number of aromatic nitrogens is 4. The molecule has 3 aromatic heterocycles. The minimum atomic E-state index is -0.560. The Hall–Kier alpha value is -4.31. The van der Waals surface area contributed by atoms with Gasteiger partial charge in [-0.2, -0.15) is 0 Å². The highest BCUT2D eigenvalue weighted by Gasteiger charge is 2.28. The number of ketones is 1. The van der Waals surface area contributed by atoms with Crippen molar-refractivity contribution >= 4 is 34.2 Å². The number of H-pyrrole nitrogens is 1. The van der Waals surface area contributed by atoms with Crippen LogP contribution in [0, 0.1) is 0 Å². The first kappa shape index (κ1) is 24.4. The van der Waals surface area contributed by atoms with Crippen molar-refractivity contribution in [2.75, 3.05) is 38.6 Å². The molecule has 1 aliphatic rings. The lowest BCUT2D eigenvalue weighted by Gasteiger charge is -2.26.